The van der Waals surface area contributed by atoms with Crippen molar-refractivity contribution in [1.29, 1.82) is 0 Å². The molecule has 7 nitrogen and oxygen atoms in total. The Bertz CT molecular complexity index is 9060. The topological polar surface area (TPSA) is 65.8 Å². The molecule has 4 aromatic heterocycles. The molecule has 602 valence electrons. The molecule has 0 unspecified atom stereocenters. The molecular weight excluding hydrogens is 1580 g/mol. The van der Waals surface area contributed by atoms with Crippen molar-refractivity contribution in [2.24, 2.45) is 0 Å². The van der Waals surface area contributed by atoms with Gasteiger partial charge in [0.2, 0.25) is 5.69 Å². The number of hydrogen-bond donors (Lipinski definition) is 0. The number of hydrogen-bond acceptors (Lipinski definition) is 4. The van der Waals surface area contributed by atoms with E-state index in [1.165, 1.54) is 104 Å². The number of fused-ring (bicyclic) bond motifs is 16. The van der Waals surface area contributed by atoms with Crippen molar-refractivity contribution in [3.63, 3.8) is 0 Å². The maximum atomic E-state index is 8.82. The first-order valence-electron chi connectivity index (χ1n) is 44.1. The van der Waals surface area contributed by atoms with Crippen molar-refractivity contribution >= 4 is 147 Å². The Morgan fingerprint density at radius 1 is 0.192 bits per heavy atom. The Morgan fingerprint density at radius 3 is 1.05 bits per heavy atom. The van der Waals surface area contributed by atoms with E-state index >= 15 is 0 Å². The van der Waals surface area contributed by atoms with Gasteiger partial charge in [0.05, 0.1) is 62.4 Å². The van der Waals surface area contributed by atoms with Crippen molar-refractivity contribution in [3.05, 3.63) is 466 Å². The Hall–Kier alpha value is -17.6. The fourth-order valence-corrected chi connectivity index (χ4v) is 19.9. The SMILES string of the molecule is [C-]#[N+]c1cc(-c2nc(-c3ccc4ccccc4c3)c3cc(-c4ccc(-c5ccccc5)cc4)ccc3n2)c2ccccc2c1-n1c2cc3ccccc3cc2c2c3ccccc3ccc21.c1ccc(-c2ccc(-c3ccc4nc(-c5ccc(-n6c7cc8ccccc8cc7c7cc8ccccc8cc76)c6ccccc56)nc(-c5ccc(-c6ccccc6)cc5)c4c3)cc2)cc1. The monoisotopic (exact) mass is 1650 g/mol. The summed E-state index contributed by atoms with van der Waals surface area (Å²) in [6.45, 7) is 8.82. The van der Waals surface area contributed by atoms with Gasteiger partial charge in [-0.05, 0) is 217 Å². The van der Waals surface area contributed by atoms with Gasteiger partial charge in [0, 0.05) is 60.0 Å². The highest BCUT2D eigenvalue weighted by Gasteiger charge is 2.26. The lowest BCUT2D eigenvalue weighted by atomic mass is 9.96. The van der Waals surface area contributed by atoms with E-state index in [9.17, 15) is 0 Å². The lowest BCUT2D eigenvalue weighted by Crippen LogP contribution is -2.00. The van der Waals surface area contributed by atoms with Crippen LogP contribution in [0.1, 0.15) is 0 Å². The molecule has 0 bridgehead atoms. The molecule has 26 aromatic rings. The first kappa shape index (κ1) is 75.0. The standard InChI is InChI=1S/C62H39N3.C61H36N4/c1-3-13-40(14-4-1)42-23-25-44(26-24-42)50-31-33-57-56(37-50)61(45-29-27-43(28-30-45)41-15-5-2-6-16-41)64-62(63-57)53-32-34-58(52-22-12-11-21-51(52)53)65-59-38-48-19-9-7-17-46(48)35-54(59)55-36-47-18-8-10-20-49(47)39-60(55)65;1-62-55-37-51(49-21-11-12-22-50(49)60(55)65-56-32-30-42-16-9-10-20-48(42)58(56)53-35-44-18-7-8-19-45(44)36-57(53)65)61-63-54-31-29-46(41-25-23-40(24-26-41)38-13-3-2-4-14-38)34-52(54)59(64-61)47-28-27-39-15-5-6-17-43(39)33-47/h1-39H;2-37H. The molecule has 0 radical (unpaired) electrons. The summed E-state index contributed by atoms with van der Waals surface area (Å²) in [6.07, 6.45) is 0. The Balaban J connectivity index is 0.000000140. The van der Waals surface area contributed by atoms with E-state index in [-0.39, 0.29) is 0 Å². The maximum absolute atomic E-state index is 8.82. The number of rotatable bonds is 11. The number of nitrogens with zero attached hydrogens (tertiary/aromatic N) is 7. The summed E-state index contributed by atoms with van der Waals surface area (Å²) in [6, 6.07) is 163. The van der Waals surface area contributed by atoms with Crippen LogP contribution >= 0.6 is 0 Å². The van der Waals surface area contributed by atoms with Crippen LogP contribution in [0.25, 0.3) is 258 Å². The van der Waals surface area contributed by atoms with Gasteiger partial charge in [-0.2, -0.15) is 0 Å². The van der Waals surface area contributed by atoms with Crippen molar-refractivity contribution in [2.45, 2.75) is 0 Å². The Kier molecular flexibility index (Phi) is 17.9. The van der Waals surface area contributed by atoms with Crippen molar-refractivity contribution in [1.82, 2.24) is 29.1 Å². The second-order valence-electron chi connectivity index (χ2n) is 33.8. The van der Waals surface area contributed by atoms with Crippen LogP contribution in [-0.2, 0) is 0 Å². The normalized spacial score (nSPS) is 11.7. The molecule has 22 aromatic carbocycles. The molecule has 0 aliphatic carbocycles. The van der Waals surface area contributed by atoms with Crippen LogP contribution in [0.5, 0.6) is 0 Å². The molecule has 0 aliphatic rings. The van der Waals surface area contributed by atoms with Gasteiger partial charge in [-0.15, -0.1) is 0 Å². The van der Waals surface area contributed by atoms with Crippen LogP contribution in [0.2, 0.25) is 0 Å². The predicted molar refractivity (Wildman–Crippen MR) is 545 cm³/mol. The van der Waals surface area contributed by atoms with Crippen molar-refractivity contribution in [3.8, 4) is 112 Å². The van der Waals surface area contributed by atoms with E-state index in [0.717, 1.165) is 138 Å². The van der Waals surface area contributed by atoms with Gasteiger partial charge >= 0.3 is 0 Å². The van der Waals surface area contributed by atoms with E-state index in [4.69, 9.17) is 26.5 Å². The minimum absolute atomic E-state index is 0.532. The average Bonchev–Trinajstić information content (AvgIpc) is 1.55. The molecule has 0 atom stereocenters. The zero-order valence-electron chi connectivity index (χ0n) is 70.4. The van der Waals surface area contributed by atoms with Gasteiger partial charge in [0.25, 0.3) is 0 Å². The zero-order valence-corrected chi connectivity index (χ0v) is 70.4. The van der Waals surface area contributed by atoms with Gasteiger partial charge in [-0.1, -0.05) is 364 Å². The molecule has 0 fully saturated rings. The molecule has 0 amide bonds. The lowest BCUT2D eigenvalue weighted by Gasteiger charge is -2.18. The minimum Gasteiger partial charge on any atom is -0.318 e. The maximum Gasteiger partial charge on any atom is 0.211 e. The third-order valence-corrected chi connectivity index (χ3v) is 26.3. The highest BCUT2D eigenvalue weighted by Crippen LogP contribution is 2.49. The fourth-order valence-electron chi connectivity index (χ4n) is 19.9. The van der Waals surface area contributed by atoms with E-state index < -0.39 is 0 Å². The highest BCUT2D eigenvalue weighted by molar-refractivity contribution is 6.25. The third kappa shape index (κ3) is 12.9. The molecular formula is C123H75N7. The largest absolute Gasteiger partial charge is 0.318 e. The molecule has 130 heavy (non-hydrogen) atoms. The van der Waals surface area contributed by atoms with Crippen molar-refractivity contribution in [2.75, 3.05) is 0 Å². The molecule has 0 saturated carbocycles. The number of aromatic nitrogens is 6. The fraction of sp³-hybridized carbons (Fsp3) is 0. The van der Waals surface area contributed by atoms with E-state index in [0.29, 0.717) is 17.3 Å². The third-order valence-electron chi connectivity index (χ3n) is 26.3. The quantitative estimate of drug-likeness (QED) is 0.121. The molecule has 26 rings (SSSR count). The zero-order chi connectivity index (χ0) is 85.9. The molecule has 0 saturated heterocycles. The summed E-state index contributed by atoms with van der Waals surface area (Å²) in [7, 11) is 0. The molecule has 0 N–H and O–H groups in total. The second kappa shape index (κ2) is 31.0. The molecule has 0 spiro atoms. The summed E-state index contributed by atoms with van der Waals surface area (Å²) in [5, 5.41) is 22.9. The summed E-state index contributed by atoms with van der Waals surface area (Å²) in [4.78, 5) is 26.1. The van der Waals surface area contributed by atoms with Crippen LogP contribution in [0.3, 0.4) is 0 Å². The summed E-state index contributed by atoms with van der Waals surface area (Å²) in [5.74, 6) is 1.27. The average molecular weight is 1650 g/mol. The Morgan fingerprint density at radius 2 is 0.546 bits per heavy atom. The summed E-state index contributed by atoms with van der Waals surface area (Å²) < 4.78 is 4.78. The minimum atomic E-state index is 0.532. The van der Waals surface area contributed by atoms with E-state index in [1.807, 2.05) is 12.1 Å². The Labute approximate surface area is 749 Å². The van der Waals surface area contributed by atoms with Crippen LogP contribution < -0.4 is 0 Å². The molecule has 4 heterocycles. The van der Waals surface area contributed by atoms with Crippen LogP contribution in [0, 0.1) is 6.57 Å². The molecule has 0 aliphatic heterocycles. The van der Waals surface area contributed by atoms with E-state index in [1.54, 1.807) is 0 Å². The van der Waals surface area contributed by atoms with Gasteiger partial charge in [-0.25, -0.2) is 24.8 Å². The second-order valence-corrected chi connectivity index (χ2v) is 33.8. The van der Waals surface area contributed by atoms with Crippen LogP contribution in [0.4, 0.5) is 5.69 Å². The van der Waals surface area contributed by atoms with Gasteiger partial charge in [-0.3, -0.25) is 0 Å². The number of benzene rings is 22. The summed E-state index contributed by atoms with van der Waals surface area (Å²) >= 11 is 0. The lowest BCUT2D eigenvalue weighted by molar-refractivity contribution is 1.20. The highest BCUT2D eigenvalue weighted by atomic mass is 15.0. The van der Waals surface area contributed by atoms with E-state index in [2.05, 4.69) is 457 Å². The van der Waals surface area contributed by atoms with Crippen molar-refractivity contribution < 1.29 is 0 Å². The van der Waals surface area contributed by atoms with Gasteiger partial charge in [0.15, 0.2) is 11.6 Å². The predicted octanol–water partition coefficient (Wildman–Crippen LogP) is 33.1. The smallest absolute Gasteiger partial charge is 0.211 e. The summed E-state index contributed by atoms with van der Waals surface area (Å²) in [5.41, 5.74) is 25.9. The first-order chi connectivity index (χ1) is 64.4. The first-order valence-corrected chi connectivity index (χ1v) is 44.1. The van der Waals surface area contributed by atoms with Gasteiger partial charge in [0.1, 0.15) is 0 Å². The van der Waals surface area contributed by atoms with Gasteiger partial charge < -0.3 is 9.13 Å². The van der Waals surface area contributed by atoms with Crippen LogP contribution in [-0.4, -0.2) is 29.1 Å². The van der Waals surface area contributed by atoms with Crippen LogP contribution in [0.15, 0.2) is 455 Å². The molecule has 7 heteroatoms.